The summed E-state index contributed by atoms with van der Waals surface area (Å²) in [4.78, 5) is 33.0. The summed E-state index contributed by atoms with van der Waals surface area (Å²) in [5, 5.41) is 2.93. The number of aromatic nitrogens is 2. The van der Waals surface area contributed by atoms with Crippen LogP contribution in [0.3, 0.4) is 0 Å². The van der Waals surface area contributed by atoms with E-state index in [1.165, 1.54) is 5.56 Å². The molecule has 0 aliphatic carbocycles. The Morgan fingerprint density at radius 2 is 1.80 bits per heavy atom. The number of aryl methyl sites for hydroxylation is 1. The Hall–Kier alpha value is -4.33. The minimum absolute atomic E-state index is 0.0132. The zero-order chi connectivity index (χ0) is 23.9. The molecule has 1 atom stereocenters. The van der Waals surface area contributed by atoms with E-state index in [0.29, 0.717) is 29.7 Å². The maximum atomic E-state index is 13.6. The van der Waals surface area contributed by atoms with Gasteiger partial charge in [-0.1, -0.05) is 37.3 Å². The molecule has 0 bridgehead atoms. The molecule has 176 valence electrons. The second-order valence-electron chi connectivity index (χ2n) is 8.70. The number of anilines is 2. The van der Waals surface area contributed by atoms with Crippen LogP contribution in [0.4, 0.5) is 11.6 Å². The van der Waals surface area contributed by atoms with Crippen LogP contribution in [0.15, 0.2) is 66.7 Å². The quantitative estimate of drug-likeness (QED) is 0.452. The van der Waals surface area contributed by atoms with Crippen LogP contribution >= 0.6 is 0 Å². The van der Waals surface area contributed by atoms with Gasteiger partial charge in [0.15, 0.2) is 11.5 Å². The third-order valence-corrected chi connectivity index (χ3v) is 6.48. The lowest BCUT2D eigenvalue weighted by Crippen LogP contribution is -2.31. The van der Waals surface area contributed by atoms with Gasteiger partial charge in [0.1, 0.15) is 6.04 Å². The van der Waals surface area contributed by atoms with Crippen LogP contribution in [0, 0.1) is 0 Å². The average Bonchev–Trinajstić information content (AvgIpc) is 3.55. The van der Waals surface area contributed by atoms with E-state index >= 15 is 0 Å². The summed E-state index contributed by atoms with van der Waals surface area (Å²) in [6.45, 7) is 2.59. The highest BCUT2D eigenvalue weighted by atomic mass is 16.7. The Kier molecular flexibility index (Phi) is 5.13. The van der Waals surface area contributed by atoms with Crippen LogP contribution in [-0.2, 0) is 22.6 Å². The van der Waals surface area contributed by atoms with Gasteiger partial charge in [-0.2, -0.15) is 0 Å². The van der Waals surface area contributed by atoms with Crippen molar-refractivity contribution in [2.75, 3.05) is 17.0 Å². The summed E-state index contributed by atoms with van der Waals surface area (Å²) in [5.74, 6) is 1.51. The number of carbonyl (C=O) groups is 2. The number of hydrogen-bond donors (Lipinski definition) is 1. The number of ether oxygens (including phenoxy) is 2. The molecule has 0 saturated carbocycles. The van der Waals surface area contributed by atoms with Gasteiger partial charge in [0.2, 0.25) is 18.6 Å². The predicted octanol–water partition coefficient (Wildman–Crippen LogP) is 4.44. The Bertz CT molecular complexity index is 1440. The SMILES string of the molecule is CCc1ccc(NC(=O)C[C@@H]2C(=O)N(Cc3ccc4c(c3)OCO4)c3nc4ccccc4n32)cc1. The van der Waals surface area contributed by atoms with Crippen LogP contribution < -0.4 is 19.7 Å². The lowest BCUT2D eigenvalue weighted by Gasteiger charge is -2.16. The zero-order valence-electron chi connectivity index (χ0n) is 19.2. The van der Waals surface area contributed by atoms with E-state index in [9.17, 15) is 9.59 Å². The van der Waals surface area contributed by atoms with Crippen LogP contribution in [0.25, 0.3) is 11.0 Å². The minimum Gasteiger partial charge on any atom is -0.454 e. The van der Waals surface area contributed by atoms with Crippen LogP contribution in [0.2, 0.25) is 0 Å². The molecule has 2 aliphatic heterocycles. The van der Waals surface area contributed by atoms with Crippen molar-refractivity contribution in [1.29, 1.82) is 0 Å². The molecule has 8 heteroatoms. The molecule has 3 heterocycles. The number of rotatable bonds is 6. The van der Waals surface area contributed by atoms with Gasteiger partial charge in [0.25, 0.3) is 5.91 Å². The topological polar surface area (TPSA) is 85.7 Å². The molecule has 3 aromatic carbocycles. The smallest absolute Gasteiger partial charge is 0.253 e. The van der Waals surface area contributed by atoms with Crippen LogP contribution in [-0.4, -0.2) is 28.2 Å². The molecule has 0 fully saturated rings. The van der Waals surface area contributed by atoms with Gasteiger partial charge in [-0.25, -0.2) is 4.98 Å². The molecule has 1 N–H and O–H groups in total. The highest BCUT2D eigenvalue weighted by Gasteiger charge is 2.41. The molecule has 6 rings (SSSR count). The maximum absolute atomic E-state index is 13.6. The normalized spacial score (nSPS) is 16.1. The zero-order valence-corrected chi connectivity index (χ0v) is 19.2. The summed E-state index contributed by atoms with van der Waals surface area (Å²) >= 11 is 0. The Labute approximate surface area is 202 Å². The lowest BCUT2D eigenvalue weighted by molar-refractivity contribution is -0.124. The van der Waals surface area contributed by atoms with Gasteiger partial charge in [-0.3, -0.25) is 19.1 Å². The standard InChI is InChI=1S/C27H24N4O4/c1-2-17-7-10-19(11-8-17)28-25(32)14-22-26(33)30(15-18-9-12-23-24(13-18)35-16-34-23)27-29-20-5-3-4-6-21(20)31(22)27/h3-13,22H,2,14-16H2,1H3,(H,28,32)/t22-/m1/s1. The molecular weight excluding hydrogens is 444 g/mol. The summed E-state index contributed by atoms with van der Waals surface area (Å²) in [6.07, 6.45) is 0.944. The molecule has 2 amide bonds. The number of benzene rings is 3. The first-order valence-electron chi connectivity index (χ1n) is 11.7. The van der Waals surface area contributed by atoms with E-state index in [2.05, 4.69) is 12.2 Å². The van der Waals surface area contributed by atoms with Gasteiger partial charge in [-0.05, 0) is 53.9 Å². The Morgan fingerprint density at radius 1 is 1.03 bits per heavy atom. The second kappa shape index (κ2) is 8.47. The van der Waals surface area contributed by atoms with Crippen LogP contribution in [0.5, 0.6) is 11.5 Å². The van der Waals surface area contributed by atoms with Gasteiger partial charge in [-0.15, -0.1) is 0 Å². The van der Waals surface area contributed by atoms with E-state index in [0.717, 1.165) is 23.0 Å². The summed E-state index contributed by atoms with van der Waals surface area (Å²) in [5.41, 5.74) is 4.41. The van der Waals surface area contributed by atoms with Crippen molar-refractivity contribution in [2.45, 2.75) is 32.4 Å². The van der Waals surface area contributed by atoms with Crippen molar-refractivity contribution >= 4 is 34.5 Å². The van der Waals surface area contributed by atoms with Crippen molar-refractivity contribution in [3.63, 3.8) is 0 Å². The largest absolute Gasteiger partial charge is 0.454 e. The summed E-state index contributed by atoms with van der Waals surface area (Å²) < 4.78 is 12.8. The van der Waals surface area contributed by atoms with E-state index in [1.807, 2.05) is 71.3 Å². The lowest BCUT2D eigenvalue weighted by atomic mass is 10.1. The number of hydrogen-bond acceptors (Lipinski definition) is 5. The number of nitrogens with one attached hydrogen (secondary N) is 1. The Balaban J connectivity index is 1.29. The second-order valence-corrected chi connectivity index (χ2v) is 8.70. The van der Waals surface area contributed by atoms with E-state index in [1.54, 1.807) is 4.90 Å². The van der Waals surface area contributed by atoms with Crippen LogP contribution in [0.1, 0.15) is 30.5 Å². The van der Waals surface area contributed by atoms with Crippen molar-refractivity contribution < 1.29 is 19.1 Å². The van der Waals surface area contributed by atoms with E-state index in [-0.39, 0.29) is 25.0 Å². The molecule has 2 aliphatic rings. The molecule has 0 saturated heterocycles. The van der Waals surface area contributed by atoms with Gasteiger partial charge in [0.05, 0.1) is 24.0 Å². The third-order valence-electron chi connectivity index (χ3n) is 6.48. The number of amides is 2. The molecule has 0 spiro atoms. The molecule has 1 aromatic heterocycles. The number of carbonyl (C=O) groups excluding carboxylic acids is 2. The van der Waals surface area contributed by atoms with Gasteiger partial charge < -0.3 is 14.8 Å². The third kappa shape index (κ3) is 3.77. The maximum Gasteiger partial charge on any atom is 0.253 e. The molecule has 0 radical (unpaired) electrons. The Morgan fingerprint density at radius 3 is 2.63 bits per heavy atom. The summed E-state index contributed by atoms with van der Waals surface area (Å²) in [7, 11) is 0. The fourth-order valence-corrected chi connectivity index (χ4v) is 4.68. The van der Waals surface area contributed by atoms with Crippen molar-refractivity contribution in [3.05, 3.63) is 77.9 Å². The van der Waals surface area contributed by atoms with E-state index < -0.39 is 6.04 Å². The average molecular weight is 469 g/mol. The first kappa shape index (κ1) is 21.2. The summed E-state index contributed by atoms with van der Waals surface area (Å²) in [6, 6.07) is 20.4. The first-order valence-corrected chi connectivity index (χ1v) is 11.7. The fraction of sp³-hybridized carbons (Fsp3) is 0.222. The van der Waals surface area contributed by atoms with Crippen molar-refractivity contribution in [1.82, 2.24) is 9.55 Å². The molecule has 0 unspecified atom stereocenters. The number of imidazole rings is 1. The predicted molar refractivity (Wildman–Crippen MR) is 132 cm³/mol. The van der Waals surface area contributed by atoms with Gasteiger partial charge in [0, 0.05) is 5.69 Å². The van der Waals surface area contributed by atoms with Crippen molar-refractivity contribution in [2.24, 2.45) is 0 Å². The fourth-order valence-electron chi connectivity index (χ4n) is 4.68. The molecule has 8 nitrogen and oxygen atoms in total. The molecular formula is C27H24N4O4. The number of fused-ring (bicyclic) bond motifs is 4. The first-order chi connectivity index (χ1) is 17.1. The molecule has 35 heavy (non-hydrogen) atoms. The highest BCUT2D eigenvalue weighted by Crippen LogP contribution is 2.39. The van der Waals surface area contributed by atoms with Crippen molar-refractivity contribution in [3.8, 4) is 11.5 Å². The van der Waals surface area contributed by atoms with Gasteiger partial charge >= 0.3 is 0 Å². The number of nitrogens with zero attached hydrogens (tertiary/aromatic N) is 3. The highest BCUT2D eigenvalue weighted by molar-refractivity contribution is 6.05. The number of para-hydroxylation sites is 2. The molecule has 4 aromatic rings. The minimum atomic E-state index is -0.679. The monoisotopic (exact) mass is 468 g/mol. The van der Waals surface area contributed by atoms with E-state index in [4.69, 9.17) is 14.5 Å².